The number of nitrogens with two attached hydrogens (primary N) is 1. The van der Waals surface area contributed by atoms with Crippen molar-refractivity contribution in [2.75, 3.05) is 5.75 Å². The molecule has 20 heavy (non-hydrogen) atoms. The van der Waals surface area contributed by atoms with Gasteiger partial charge < -0.3 is 5.73 Å². The van der Waals surface area contributed by atoms with E-state index in [4.69, 9.17) is 5.73 Å². The van der Waals surface area contributed by atoms with Gasteiger partial charge in [0.25, 0.3) is 0 Å². The van der Waals surface area contributed by atoms with E-state index in [2.05, 4.69) is 19.2 Å². The lowest BCUT2D eigenvalue weighted by Crippen LogP contribution is -2.57. The highest BCUT2D eigenvalue weighted by Crippen LogP contribution is 2.29. The van der Waals surface area contributed by atoms with Crippen molar-refractivity contribution >= 4 is 17.7 Å². The molecule has 1 amide bonds. The Labute approximate surface area is 126 Å². The second-order valence-electron chi connectivity index (χ2n) is 5.46. The fraction of sp³-hybridized carbons (Fsp3) is 0.562. The second kappa shape index (κ2) is 7.70. The van der Waals surface area contributed by atoms with Crippen LogP contribution in [0.4, 0.5) is 0 Å². The number of carbonyl (C=O) groups excluding carboxylic acids is 1. The topological polar surface area (TPSA) is 55.1 Å². The number of benzene rings is 1. The van der Waals surface area contributed by atoms with Crippen LogP contribution in [-0.2, 0) is 10.3 Å². The van der Waals surface area contributed by atoms with E-state index < -0.39 is 5.54 Å². The SMILES string of the molecule is CCC(C)SCC(NC(C)C)(C(N)=O)c1ccccc1. The van der Waals surface area contributed by atoms with Gasteiger partial charge in [-0.2, -0.15) is 11.8 Å². The van der Waals surface area contributed by atoms with Crippen molar-refractivity contribution < 1.29 is 4.79 Å². The van der Waals surface area contributed by atoms with Crippen LogP contribution in [-0.4, -0.2) is 23.0 Å². The molecule has 2 atom stereocenters. The number of hydrogen-bond acceptors (Lipinski definition) is 3. The zero-order chi connectivity index (χ0) is 15.2. The van der Waals surface area contributed by atoms with E-state index in [1.54, 1.807) is 11.8 Å². The minimum atomic E-state index is -0.802. The molecule has 0 aliphatic carbocycles. The van der Waals surface area contributed by atoms with Crippen LogP contribution in [0.25, 0.3) is 0 Å². The van der Waals surface area contributed by atoms with E-state index >= 15 is 0 Å². The van der Waals surface area contributed by atoms with Crippen LogP contribution in [0.5, 0.6) is 0 Å². The number of nitrogens with one attached hydrogen (secondary N) is 1. The summed E-state index contributed by atoms with van der Waals surface area (Å²) in [5.74, 6) is 0.340. The largest absolute Gasteiger partial charge is 0.368 e. The first-order valence-corrected chi connectivity index (χ1v) is 8.22. The number of hydrogen-bond donors (Lipinski definition) is 2. The Bertz CT molecular complexity index is 422. The molecule has 3 nitrogen and oxygen atoms in total. The van der Waals surface area contributed by atoms with Crippen molar-refractivity contribution in [3.63, 3.8) is 0 Å². The molecule has 0 bridgehead atoms. The summed E-state index contributed by atoms with van der Waals surface area (Å²) in [5.41, 5.74) is 5.90. The summed E-state index contributed by atoms with van der Waals surface area (Å²) < 4.78 is 0. The zero-order valence-electron chi connectivity index (χ0n) is 12.8. The van der Waals surface area contributed by atoms with Gasteiger partial charge in [-0.15, -0.1) is 0 Å². The Morgan fingerprint density at radius 2 is 1.90 bits per heavy atom. The molecule has 0 saturated carbocycles. The lowest BCUT2D eigenvalue weighted by atomic mass is 9.90. The summed E-state index contributed by atoms with van der Waals surface area (Å²) in [6.45, 7) is 8.40. The fourth-order valence-electron chi connectivity index (χ4n) is 2.09. The third-order valence-corrected chi connectivity index (χ3v) is 4.88. The van der Waals surface area contributed by atoms with Gasteiger partial charge in [-0.25, -0.2) is 0 Å². The van der Waals surface area contributed by atoms with Crippen LogP contribution in [0.15, 0.2) is 30.3 Å². The van der Waals surface area contributed by atoms with Gasteiger partial charge >= 0.3 is 0 Å². The number of carbonyl (C=O) groups is 1. The van der Waals surface area contributed by atoms with Crippen LogP contribution >= 0.6 is 11.8 Å². The smallest absolute Gasteiger partial charge is 0.243 e. The molecule has 1 aromatic carbocycles. The monoisotopic (exact) mass is 294 g/mol. The lowest BCUT2D eigenvalue weighted by Gasteiger charge is -2.34. The van der Waals surface area contributed by atoms with Crippen LogP contribution in [0.1, 0.15) is 39.7 Å². The van der Waals surface area contributed by atoms with Gasteiger partial charge in [0.15, 0.2) is 0 Å². The molecule has 4 heteroatoms. The molecule has 0 spiro atoms. The summed E-state index contributed by atoms with van der Waals surface area (Å²) in [6, 6.07) is 9.97. The Balaban J connectivity index is 3.11. The quantitative estimate of drug-likeness (QED) is 0.775. The fourth-order valence-corrected chi connectivity index (χ4v) is 3.26. The lowest BCUT2D eigenvalue weighted by molar-refractivity contribution is -0.124. The van der Waals surface area contributed by atoms with Crippen molar-refractivity contribution in [2.45, 2.75) is 50.9 Å². The zero-order valence-corrected chi connectivity index (χ0v) is 13.7. The van der Waals surface area contributed by atoms with Crippen molar-refractivity contribution in [3.05, 3.63) is 35.9 Å². The molecule has 0 aromatic heterocycles. The van der Waals surface area contributed by atoms with Crippen LogP contribution in [0, 0.1) is 0 Å². The molecule has 0 fully saturated rings. The molecule has 2 unspecified atom stereocenters. The molecule has 0 aliphatic heterocycles. The Morgan fingerprint density at radius 1 is 1.30 bits per heavy atom. The van der Waals surface area contributed by atoms with E-state index in [9.17, 15) is 4.79 Å². The maximum atomic E-state index is 12.2. The molecule has 0 aliphatic rings. The highest BCUT2D eigenvalue weighted by atomic mass is 32.2. The van der Waals surface area contributed by atoms with Crippen molar-refractivity contribution in [1.82, 2.24) is 5.32 Å². The first kappa shape index (κ1) is 17.1. The van der Waals surface area contributed by atoms with E-state index in [0.29, 0.717) is 11.0 Å². The van der Waals surface area contributed by atoms with Gasteiger partial charge in [0.2, 0.25) is 5.91 Å². The first-order valence-electron chi connectivity index (χ1n) is 7.17. The summed E-state index contributed by atoms with van der Waals surface area (Å²) in [5, 5.41) is 3.90. The van der Waals surface area contributed by atoms with Gasteiger partial charge in [-0.1, -0.05) is 44.2 Å². The predicted octanol–water partition coefficient (Wildman–Crippen LogP) is 2.90. The Kier molecular flexibility index (Phi) is 6.56. The summed E-state index contributed by atoms with van der Waals surface area (Å²) >= 11 is 1.79. The van der Waals surface area contributed by atoms with Gasteiger partial charge in [0.05, 0.1) is 0 Å². The second-order valence-corrected chi connectivity index (χ2v) is 6.89. The molecule has 0 heterocycles. The normalized spacial score (nSPS) is 15.8. The summed E-state index contributed by atoms with van der Waals surface area (Å²) in [6.07, 6.45) is 1.08. The maximum absolute atomic E-state index is 12.2. The third kappa shape index (κ3) is 4.25. The first-order chi connectivity index (χ1) is 9.42. The molecule has 0 radical (unpaired) electrons. The summed E-state index contributed by atoms with van der Waals surface area (Å²) in [7, 11) is 0. The molecule has 1 aromatic rings. The predicted molar refractivity (Wildman–Crippen MR) is 87.8 cm³/mol. The third-order valence-electron chi connectivity index (χ3n) is 3.38. The molecule has 1 rings (SSSR count). The number of amides is 1. The summed E-state index contributed by atoms with van der Waals surface area (Å²) in [4.78, 5) is 12.2. The van der Waals surface area contributed by atoms with E-state index in [1.807, 2.05) is 44.2 Å². The number of primary amides is 1. The van der Waals surface area contributed by atoms with E-state index in [0.717, 1.165) is 12.0 Å². The molecular weight excluding hydrogens is 268 g/mol. The van der Waals surface area contributed by atoms with E-state index in [1.165, 1.54) is 0 Å². The van der Waals surface area contributed by atoms with Crippen molar-refractivity contribution in [2.24, 2.45) is 5.73 Å². The Morgan fingerprint density at radius 3 is 2.35 bits per heavy atom. The number of rotatable bonds is 8. The molecule has 3 N–H and O–H groups in total. The van der Waals surface area contributed by atoms with Crippen molar-refractivity contribution in [3.8, 4) is 0 Å². The van der Waals surface area contributed by atoms with Crippen molar-refractivity contribution in [1.29, 1.82) is 0 Å². The highest BCUT2D eigenvalue weighted by Gasteiger charge is 2.39. The number of thioether (sulfide) groups is 1. The van der Waals surface area contributed by atoms with Gasteiger partial charge in [0, 0.05) is 17.0 Å². The van der Waals surface area contributed by atoms with Crippen LogP contribution in [0.2, 0.25) is 0 Å². The molecule has 0 saturated heterocycles. The molecular formula is C16H26N2OS. The highest BCUT2D eigenvalue weighted by molar-refractivity contribution is 7.99. The van der Waals surface area contributed by atoms with Gasteiger partial charge in [0.1, 0.15) is 5.54 Å². The average Bonchev–Trinajstić information content (AvgIpc) is 2.43. The standard InChI is InChI=1S/C16H26N2OS/c1-5-13(4)20-11-16(15(17)19,18-12(2)3)14-9-7-6-8-10-14/h6-10,12-13,18H,5,11H2,1-4H3,(H2,17,19). The van der Waals surface area contributed by atoms with Gasteiger partial charge in [-0.05, 0) is 25.8 Å². The minimum absolute atomic E-state index is 0.181. The molecule has 112 valence electrons. The Hall–Kier alpha value is -1.00. The average molecular weight is 294 g/mol. The van der Waals surface area contributed by atoms with E-state index in [-0.39, 0.29) is 11.9 Å². The van der Waals surface area contributed by atoms with Gasteiger partial charge in [-0.3, -0.25) is 10.1 Å². The van der Waals surface area contributed by atoms with Crippen LogP contribution < -0.4 is 11.1 Å². The maximum Gasteiger partial charge on any atom is 0.243 e. The van der Waals surface area contributed by atoms with Crippen LogP contribution in [0.3, 0.4) is 0 Å². The minimum Gasteiger partial charge on any atom is -0.368 e.